The van der Waals surface area contributed by atoms with Crippen molar-refractivity contribution in [3.63, 3.8) is 0 Å². The smallest absolute Gasteiger partial charge is 0.336 e. The van der Waals surface area contributed by atoms with Gasteiger partial charge in [0.25, 0.3) is 5.91 Å². The molecule has 0 atom stereocenters. The molecule has 4 aliphatic heterocycles. The van der Waals surface area contributed by atoms with Crippen LogP contribution in [0.15, 0.2) is 290 Å². The van der Waals surface area contributed by atoms with Gasteiger partial charge in [-0.15, -0.1) is 13.2 Å². The Morgan fingerprint density at radius 1 is 0.348 bits per heavy atom. The first-order valence-electron chi connectivity index (χ1n) is 46.4. The summed E-state index contributed by atoms with van der Waals surface area (Å²) in [6.07, 6.45) is 10.1. The van der Waals surface area contributed by atoms with Crippen molar-refractivity contribution in [2.24, 2.45) is 10.2 Å². The van der Waals surface area contributed by atoms with Crippen LogP contribution in [0.3, 0.4) is 0 Å². The van der Waals surface area contributed by atoms with E-state index in [4.69, 9.17) is 39.9 Å². The molecule has 138 heavy (non-hydrogen) atoms. The molecule has 4 fully saturated rings. The molecule has 10 aromatic carbocycles. The van der Waals surface area contributed by atoms with Crippen molar-refractivity contribution in [1.29, 1.82) is 0 Å². The molecule has 10 aromatic rings. The summed E-state index contributed by atoms with van der Waals surface area (Å²) in [5.41, 5.74) is 11.7. The number of carbonyl (C=O) groups is 6. The SMILES string of the molecule is C=CCc1cccc(/C=N/N(C)C(=O)CN2CCN(Cc3ccccc3)CC2)c1O.C=CCc1cccc(/C=N/N(C)C(=O)Cl)c1O.O=C(CN1CCN(Cc2ccccc2)CC1)NCCc1cccc(O)c1.O=C(CN1CCN(Cc2ccccc2)CC1)NCCc1ccccc1O.O=C(Cl)NCCc1cccc(O)c1.O=C(Cl)NCCc1ccccc1O.c1ccc(CN2CCNCC2)cc1. The summed E-state index contributed by atoms with van der Waals surface area (Å²) in [7, 11) is 3.07. The highest BCUT2D eigenvalue weighted by molar-refractivity contribution is 6.63. The predicted octanol–water partition coefficient (Wildman–Crippen LogP) is 14.1. The van der Waals surface area contributed by atoms with Crippen LogP contribution in [0.5, 0.6) is 34.5 Å². The Bertz CT molecular complexity index is 5360. The molecule has 4 saturated heterocycles. The summed E-state index contributed by atoms with van der Waals surface area (Å²) in [6.45, 7) is 30.5. The summed E-state index contributed by atoms with van der Waals surface area (Å²) < 4.78 is 0. The van der Waals surface area contributed by atoms with Crippen molar-refractivity contribution in [2.45, 2.75) is 64.7 Å². The first-order valence-corrected chi connectivity index (χ1v) is 47.5. The number of benzene rings is 10. The minimum Gasteiger partial charge on any atom is -0.508 e. The number of carbonyl (C=O) groups excluding carboxylic acids is 6. The molecule has 28 nitrogen and oxygen atoms in total. The number of hydrazone groups is 2. The Labute approximate surface area is 827 Å². The van der Waals surface area contributed by atoms with Gasteiger partial charge < -0.3 is 57.2 Å². The minimum atomic E-state index is -0.692. The Kier molecular flexibility index (Phi) is 50.9. The van der Waals surface area contributed by atoms with Gasteiger partial charge in [0, 0.05) is 182 Å². The van der Waals surface area contributed by atoms with Gasteiger partial charge in [-0.05, 0) is 177 Å². The number of nitrogens with one attached hydrogen (secondary N) is 5. The van der Waals surface area contributed by atoms with Crippen molar-refractivity contribution in [1.82, 2.24) is 70.9 Å². The number of para-hydroxylation sites is 4. The second-order valence-corrected chi connectivity index (χ2v) is 34.2. The van der Waals surface area contributed by atoms with Crippen molar-refractivity contribution in [2.75, 3.05) is 165 Å². The number of nitrogens with zero attached hydrogens (tertiary/aromatic N) is 11. The summed E-state index contributed by atoms with van der Waals surface area (Å²) in [5, 5.41) is 80.5. The van der Waals surface area contributed by atoms with Gasteiger partial charge in [-0.3, -0.25) is 63.1 Å². The molecule has 0 bridgehead atoms. The van der Waals surface area contributed by atoms with Gasteiger partial charge in [-0.1, -0.05) is 218 Å². The largest absolute Gasteiger partial charge is 0.508 e. The lowest BCUT2D eigenvalue weighted by Gasteiger charge is -2.34. The average molecular weight is 1940 g/mol. The van der Waals surface area contributed by atoms with Crippen LogP contribution in [-0.2, 0) is 79.1 Å². The molecular weight excluding hydrogens is 1810 g/mol. The van der Waals surface area contributed by atoms with E-state index in [-0.39, 0.29) is 52.2 Å². The fourth-order valence-corrected chi connectivity index (χ4v) is 15.2. The maximum Gasteiger partial charge on any atom is 0.336 e. The van der Waals surface area contributed by atoms with Gasteiger partial charge in [-0.25, -0.2) is 10.0 Å². The monoisotopic (exact) mass is 1940 g/mol. The number of phenols is 6. The van der Waals surface area contributed by atoms with Gasteiger partial charge in [-0.2, -0.15) is 10.2 Å². The first kappa shape index (κ1) is 110. The Morgan fingerprint density at radius 3 is 0.993 bits per heavy atom. The van der Waals surface area contributed by atoms with Gasteiger partial charge in [0.15, 0.2) is 0 Å². The van der Waals surface area contributed by atoms with Crippen LogP contribution in [0.25, 0.3) is 0 Å². The summed E-state index contributed by atoms with van der Waals surface area (Å²) in [4.78, 5) is 84.5. The van der Waals surface area contributed by atoms with Gasteiger partial charge >= 0.3 is 16.1 Å². The highest BCUT2D eigenvalue weighted by Gasteiger charge is 2.24. The summed E-state index contributed by atoms with van der Waals surface area (Å²) >= 11 is 15.4. The fraction of sp³-hybridized carbons (Fsp3) is 0.327. The average Bonchev–Trinajstić information content (AvgIpc) is 0.851. The van der Waals surface area contributed by atoms with Gasteiger partial charge in [0.1, 0.15) is 34.5 Å². The number of piperazine rings is 4. The number of amides is 6. The number of likely N-dealkylation sites (N-methyl/N-ethyl adjacent to an activating group) is 1. The van der Waals surface area contributed by atoms with Crippen LogP contribution >= 0.6 is 34.8 Å². The molecule has 0 spiro atoms. The molecule has 0 saturated carbocycles. The quantitative estimate of drug-likeness (QED) is 0.00587. The van der Waals surface area contributed by atoms with Crippen molar-refractivity contribution >= 4 is 81.1 Å². The Morgan fingerprint density at radius 2 is 0.645 bits per heavy atom. The molecule has 0 aromatic heterocycles. The maximum absolute atomic E-state index is 12.5. The van der Waals surface area contributed by atoms with E-state index in [0.717, 1.165) is 163 Å². The molecule has 0 aliphatic carbocycles. The molecule has 6 amide bonds. The van der Waals surface area contributed by atoms with Crippen LogP contribution < -0.4 is 26.6 Å². The highest BCUT2D eigenvalue weighted by Crippen LogP contribution is 2.25. The third-order valence-corrected chi connectivity index (χ3v) is 23.2. The molecule has 11 N–H and O–H groups in total. The predicted molar refractivity (Wildman–Crippen MR) is 552 cm³/mol. The standard InChI is InChI=1S/C24H30N4O2.2C21H27N3O2.C12H13ClN2O2.C11H16N2.2C9H10ClNO2/c1-3-8-21-11-7-12-22(24(21)30)17-25-26(2)23(29)19-28-15-13-27(14-16-28)18-20-9-5-4-6-10-20;25-20-9-5-4-8-19(20)10-11-22-21(26)17-24-14-12-23(13-15-24)16-18-6-2-1-3-7-18;25-20-8-4-7-18(15-20)9-10-22-21(26)17-24-13-11-23(12-14-24)16-19-5-2-1-3-6-19;1-3-5-9-6-4-7-10(11(9)16)8-14-15(2)12(13)17;1-2-4-11(5-3-1)10-13-8-6-12-7-9-13;10-9(13)11-5-4-7-2-1-3-8(12)6-7;10-9(13)11-6-5-7-3-1-2-4-8(7)12/h3-7,9-12,17,30H,1,8,13-16,18-19H2,2H3;1-9,25H,10-17H2,(H,22,26);1-8,15,25H,9-14,16-17H2,(H,22,26);3-4,6-8,16H,1,5H2,2H3;1-5,12H,6-10H2;1-3,6,12H,4-5H2,(H,11,13);1-4,12H,5-6H2,(H,11,13)/b25-17+;;;14-8+;;;. The van der Waals surface area contributed by atoms with E-state index < -0.39 is 16.1 Å². The molecule has 4 heterocycles. The van der Waals surface area contributed by atoms with Crippen LogP contribution in [0.4, 0.5) is 14.4 Å². The number of hydrogen-bond donors (Lipinski definition) is 11. The summed E-state index contributed by atoms with van der Waals surface area (Å²) in [6, 6.07) is 81.2. The summed E-state index contributed by atoms with van der Waals surface area (Å²) in [5.74, 6) is 1.39. The molecule has 14 rings (SSSR count). The zero-order valence-electron chi connectivity index (χ0n) is 79.0. The lowest BCUT2D eigenvalue weighted by molar-refractivity contribution is -0.131. The van der Waals surface area contributed by atoms with Gasteiger partial charge in [0.05, 0.1) is 32.1 Å². The van der Waals surface area contributed by atoms with E-state index in [9.17, 15) is 54.3 Å². The molecular formula is C107H133Cl3N16O12. The normalized spacial score (nSPS) is 14.1. The van der Waals surface area contributed by atoms with Crippen molar-refractivity contribution < 1.29 is 59.4 Å². The fourth-order valence-electron chi connectivity index (χ4n) is 15.0. The molecule has 734 valence electrons. The van der Waals surface area contributed by atoms with Crippen LogP contribution in [-0.4, -0.2) is 286 Å². The Hall–Kier alpha value is -12.8. The second-order valence-electron chi connectivity index (χ2n) is 33.2. The number of halogens is 3. The van der Waals surface area contributed by atoms with Crippen LogP contribution in [0.2, 0.25) is 0 Å². The number of allylic oxidation sites excluding steroid dienone is 2. The van der Waals surface area contributed by atoms with Gasteiger partial charge in [0.2, 0.25) is 11.8 Å². The van der Waals surface area contributed by atoms with E-state index in [1.54, 1.807) is 104 Å². The Balaban J connectivity index is 0.000000202. The third kappa shape index (κ3) is 44.5. The molecule has 0 unspecified atom stereocenters. The lowest BCUT2D eigenvalue weighted by Crippen LogP contribution is -2.49. The number of hydrogen-bond acceptors (Lipinski definition) is 22. The van der Waals surface area contributed by atoms with E-state index in [0.29, 0.717) is 89.0 Å². The van der Waals surface area contributed by atoms with E-state index in [2.05, 4.69) is 187 Å². The lowest BCUT2D eigenvalue weighted by atomic mass is 10.1. The van der Waals surface area contributed by atoms with E-state index in [1.807, 2.05) is 66.7 Å². The van der Waals surface area contributed by atoms with Crippen LogP contribution in [0.1, 0.15) is 66.8 Å². The number of rotatable bonds is 34. The minimum absolute atomic E-state index is 0.0527. The zero-order chi connectivity index (χ0) is 98.9. The van der Waals surface area contributed by atoms with E-state index in [1.165, 1.54) is 59.8 Å². The molecule has 0 radical (unpaired) electrons. The van der Waals surface area contributed by atoms with Crippen LogP contribution in [0, 0.1) is 0 Å². The molecule has 31 heteroatoms. The van der Waals surface area contributed by atoms with E-state index >= 15 is 0 Å². The number of aromatic hydroxyl groups is 6. The zero-order valence-corrected chi connectivity index (χ0v) is 81.3. The number of phenolic OH excluding ortho intramolecular Hbond substituents is 6. The maximum atomic E-state index is 12.5. The topological polar surface area (TPSA) is 338 Å². The van der Waals surface area contributed by atoms with Crippen molar-refractivity contribution in [3.8, 4) is 34.5 Å². The highest BCUT2D eigenvalue weighted by atomic mass is 35.5. The first-order chi connectivity index (χ1) is 66.8. The van der Waals surface area contributed by atoms with Crippen molar-refractivity contribution in [3.05, 3.63) is 347 Å². The molecule has 4 aliphatic rings. The second kappa shape index (κ2) is 63.6. The third-order valence-electron chi connectivity index (χ3n) is 22.7.